The molecule has 1 aliphatic heterocycles. The van der Waals surface area contributed by atoms with Crippen molar-refractivity contribution in [1.82, 2.24) is 4.90 Å². The third kappa shape index (κ3) is 3.42. The van der Waals surface area contributed by atoms with Gasteiger partial charge in [0.15, 0.2) is 0 Å². The summed E-state index contributed by atoms with van der Waals surface area (Å²) in [6.45, 7) is 2.33. The number of aromatic carboxylic acids is 1. The highest BCUT2D eigenvalue weighted by Gasteiger charge is 2.33. The molecule has 0 saturated carbocycles. The number of amides is 1. The first-order valence-electron chi connectivity index (χ1n) is 7.45. The Balaban J connectivity index is 1.85. The largest absolute Gasteiger partial charge is 0.478 e. The molecule has 3 rings (SSSR count). The molecule has 2 aromatic carbocycles. The second kappa shape index (κ2) is 6.87. The molecular formula is C18H16ClNO3S. The van der Waals surface area contributed by atoms with Gasteiger partial charge in [-0.15, -0.1) is 11.8 Å². The van der Waals surface area contributed by atoms with Crippen molar-refractivity contribution >= 4 is 35.2 Å². The van der Waals surface area contributed by atoms with Crippen molar-refractivity contribution in [2.75, 3.05) is 5.75 Å². The molecule has 1 atom stereocenters. The van der Waals surface area contributed by atoms with E-state index in [1.54, 1.807) is 30.0 Å². The first-order chi connectivity index (χ1) is 11.5. The van der Waals surface area contributed by atoms with Crippen LogP contribution < -0.4 is 0 Å². The molecule has 1 unspecified atom stereocenters. The van der Waals surface area contributed by atoms with Crippen LogP contribution >= 0.6 is 23.4 Å². The minimum atomic E-state index is -0.948. The second-order valence-corrected chi connectivity index (χ2v) is 7.19. The molecule has 0 aliphatic carbocycles. The van der Waals surface area contributed by atoms with Crippen LogP contribution in [0.25, 0.3) is 0 Å². The first-order valence-corrected chi connectivity index (χ1v) is 8.88. The Morgan fingerprint density at radius 2 is 2.00 bits per heavy atom. The Morgan fingerprint density at radius 1 is 1.29 bits per heavy atom. The predicted molar refractivity (Wildman–Crippen MR) is 95.3 cm³/mol. The molecule has 0 spiro atoms. The molecule has 6 heteroatoms. The zero-order chi connectivity index (χ0) is 17.3. The highest BCUT2D eigenvalue weighted by Crippen LogP contribution is 2.40. The van der Waals surface area contributed by atoms with E-state index in [0.29, 0.717) is 17.3 Å². The number of benzene rings is 2. The number of hydrogen-bond acceptors (Lipinski definition) is 3. The Hall–Kier alpha value is -1.98. The van der Waals surface area contributed by atoms with Gasteiger partial charge in [0.05, 0.1) is 11.3 Å². The average Bonchev–Trinajstić information content (AvgIpc) is 2.91. The fraction of sp³-hybridized carbons (Fsp3) is 0.222. The molecule has 1 aliphatic rings. The minimum absolute atomic E-state index is 0.0479. The number of halogens is 1. The highest BCUT2D eigenvalue weighted by molar-refractivity contribution is 8.00. The molecule has 0 aromatic heterocycles. The van der Waals surface area contributed by atoms with Crippen molar-refractivity contribution in [3.63, 3.8) is 0 Å². The van der Waals surface area contributed by atoms with Crippen molar-refractivity contribution in [1.29, 1.82) is 0 Å². The van der Waals surface area contributed by atoms with E-state index < -0.39 is 5.97 Å². The maximum Gasteiger partial charge on any atom is 0.335 e. The average molecular weight is 362 g/mol. The summed E-state index contributed by atoms with van der Waals surface area (Å²) in [6.07, 6.45) is 0. The van der Waals surface area contributed by atoms with Crippen LogP contribution in [0.3, 0.4) is 0 Å². The van der Waals surface area contributed by atoms with E-state index in [1.807, 2.05) is 36.1 Å². The molecule has 1 fully saturated rings. The molecule has 0 radical (unpaired) electrons. The molecule has 0 bridgehead atoms. The molecule has 1 saturated heterocycles. The zero-order valence-electron chi connectivity index (χ0n) is 13.0. The number of carbonyl (C=O) groups is 2. The fourth-order valence-corrected chi connectivity index (χ4v) is 4.03. The van der Waals surface area contributed by atoms with Crippen LogP contribution in [-0.4, -0.2) is 27.6 Å². The Labute approximate surface area is 149 Å². The Bertz CT molecular complexity index is 791. The minimum Gasteiger partial charge on any atom is -0.478 e. The summed E-state index contributed by atoms with van der Waals surface area (Å²) in [5, 5.41) is 9.68. The monoisotopic (exact) mass is 361 g/mol. The van der Waals surface area contributed by atoms with E-state index in [1.165, 1.54) is 0 Å². The summed E-state index contributed by atoms with van der Waals surface area (Å²) >= 11 is 7.53. The molecule has 24 heavy (non-hydrogen) atoms. The van der Waals surface area contributed by atoms with Crippen molar-refractivity contribution < 1.29 is 14.7 Å². The van der Waals surface area contributed by atoms with Crippen LogP contribution in [0.1, 0.15) is 32.4 Å². The van der Waals surface area contributed by atoms with Crippen molar-refractivity contribution in [2.24, 2.45) is 0 Å². The topological polar surface area (TPSA) is 57.6 Å². The third-order valence-electron chi connectivity index (χ3n) is 4.05. The highest BCUT2D eigenvalue weighted by atomic mass is 35.5. The van der Waals surface area contributed by atoms with Gasteiger partial charge < -0.3 is 10.0 Å². The Morgan fingerprint density at radius 3 is 2.62 bits per heavy atom. The van der Waals surface area contributed by atoms with Crippen LogP contribution in [0.2, 0.25) is 5.02 Å². The number of rotatable bonds is 4. The molecule has 1 heterocycles. The standard InChI is InChI=1S/C18H16ClNO3S/c1-11-8-13(18(22)23)2-3-14(11)9-20-16(21)10-24-17(20)12-4-6-15(19)7-5-12/h2-8,17H,9-10H2,1H3,(H,22,23). The number of aryl methyl sites for hydroxylation is 1. The smallest absolute Gasteiger partial charge is 0.335 e. The quantitative estimate of drug-likeness (QED) is 0.889. The molecule has 1 amide bonds. The van der Waals surface area contributed by atoms with Gasteiger partial charge in [0.2, 0.25) is 5.91 Å². The summed E-state index contributed by atoms with van der Waals surface area (Å²) in [7, 11) is 0. The molecule has 1 N–H and O–H groups in total. The van der Waals surface area contributed by atoms with Gasteiger partial charge in [-0.3, -0.25) is 4.79 Å². The number of carboxylic acid groups (broad SMARTS) is 1. The van der Waals surface area contributed by atoms with Gasteiger partial charge in [-0.05, 0) is 47.9 Å². The molecule has 4 nitrogen and oxygen atoms in total. The van der Waals surface area contributed by atoms with Gasteiger partial charge in [0.25, 0.3) is 0 Å². The zero-order valence-corrected chi connectivity index (χ0v) is 14.6. The lowest BCUT2D eigenvalue weighted by atomic mass is 10.0. The summed E-state index contributed by atoms with van der Waals surface area (Å²) in [5.41, 5.74) is 3.12. The first kappa shape index (κ1) is 16.9. The number of hydrogen-bond donors (Lipinski definition) is 1. The van der Waals surface area contributed by atoms with E-state index >= 15 is 0 Å². The fourth-order valence-electron chi connectivity index (χ4n) is 2.72. The van der Waals surface area contributed by atoms with E-state index in [9.17, 15) is 9.59 Å². The van der Waals surface area contributed by atoms with Crippen LogP contribution in [-0.2, 0) is 11.3 Å². The van der Waals surface area contributed by atoms with Gasteiger partial charge in [-0.1, -0.05) is 29.8 Å². The van der Waals surface area contributed by atoms with Crippen LogP contribution in [0.4, 0.5) is 0 Å². The molecule has 124 valence electrons. The van der Waals surface area contributed by atoms with E-state index in [0.717, 1.165) is 16.7 Å². The van der Waals surface area contributed by atoms with E-state index in [-0.39, 0.29) is 16.8 Å². The number of carbonyl (C=O) groups excluding carboxylic acids is 1. The number of nitrogens with zero attached hydrogens (tertiary/aromatic N) is 1. The maximum atomic E-state index is 12.3. The van der Waals surface area contributed by atoms with Crippen LogP contribution in [0.15, 0.2) is 42.5 Å². The summed E-state index contributed by atoms with van der Waals surface area (Å²) in [6, 6.07) is 12.5. The van der Waals surface area contributed by atoms with Gasteiger partial charge in [0.1, 0.15) is 5.37 Å². The second-order valence-electron chi connectivity index (χ2n) is 5.68. The summed E-state index contributed by atoms with van der Waals surface area (Å²) < 4.78 is 0. The molecule has 2 aromatic rings. The van der Waals surface area contributed by atoms with Gasteiger partial charge >= 0.3 is 5.97 Å². The van der Waals surface area contributed by atoms with Crippen molar-refractivity contribution in [3.8, 4) is 0 Å². The maximum absolute atomic E-state index is 12.3. The van der Waals surface area contributed by atoms with E-state index in [2.05, 4.69) is 0 Å². The normalized spacial score (nSPS) is 17.3. The summed E-state index contributed by atoms with van der Waals surface area (Å²) in [4.78, 5) is 25.2. The van der Waals surface area contributed by atoms with E-state index in [4.69, 9.17) is 16.7 Å². The van der Waals surface area contributed by atoms with Gasteiger partial charge in [-0.2, -0.15) is 0 Å². The lowest BCUT2D eigenvalue weighted by molar-refractivity contribution is -0.128. The lowest BCUT2D eigenvalue weighted by Gasteiger charge is -2.25. The lowest BCUT2D eigenvalue weighted by Crippen LogP contribution is -2.28. The molecular weight excluding hydrogens is 346 g/mol. The number of thioether (sulfide) groups is 1. The SMILES string of the molecule is Cc1cc(C(=O)O)ccc1CN1C(=O)CSC1c1ccc(Cl)cc1. The van der Waals surface area contributed by atoms with Crippen LogP contribution in [0, 0.1) is 6.92 Å². The van der Waals surface area contributed by atoms with Gasteiger partial charge in [-0.25, -0.2) is 4.79 Å². The Kier molecular flexibility index (Phi) is 4.83. The van der Waals surface area contributed by atoms with Crippen molar-refractivity contribution in [2.45, 2.75) is 18.8 Å². The predicted octanol–water partition coefficient (Wildman–Crippen LogP) is 4.12. The van der Waals surface area contributed by atoms with Crippen molar-refractivity contribution in [3.05, 3.63) is 69.7 Å². The summed E-state index contributed by atoms with van der Waals surface area (Å²) in [5.74, 6) is -0.419. The number of carboxylic acids is 1. The van der Waals surface area contributed by atoms with Gasteiger partial charge in [0, 0.05) is 11.6 Å². The van der Waals surface area contributed by atoms with Crippen LogP contribution in [0.5, 0.6) is 0 Å². The third-order valence-corrected chi connectivity index (χ3v) is 5.56.